The average molecular weight is 287 g/mol. The van der Waals surface area contributed by atoms with Gasteiger partial charge in [-0.1, -0.05) is 0 Å². The van der Waals surface area contributed by atoms with Crippen molar-refractivity contribution >= 4 is 11.6 Å². The van der Waals surface area contributed by atoms with E-state index in [2.05, 4.69) is 15.6 Å². The Morgan fingerprint density at radius 2 is 1.80 bits per heavy atom. The zero-order valence-electron chi connectivity index (χ0n) is 11.9. The van der Waals surface area contributed by atoms with E-state index >= 15 is 0 Å². The summed E-state index contributed by atoms with van der Waals surface area (Å²) < 4.78 is 38.7. The van der Waals surface area contributed by atoms with Gasteiger partial charge in [0.25, 0.3) is 0 Å². The molecular formula is C14H20F3N3. The van der Waals surface area contributed by atoms with Gasteiger partial charge in [-0.05, 0) is 51.7 Å². The van der Waals surface area contributed by atoms with Gasteiger partial charge in [0.1, 0.15) is 11.6 Å². The minimum absolute atomic E-state index is 0.235. The SMILES string of the molecule is CCNc1cc(C(F)(F)F)cc(NC(C)(C)C2CC2)n1. The zero-order valence-corrected chi connectivity index (χ0v) is 11.9. The van der Waals surface area contributed by atoms with Crippen LogP contribution < -0.4 is 10.6 Å². The highest BCUT2D eigenvalue weighted by atomic mass is 19.4. The highest BCUT2D eigenvalue weighted by Crippen LogP contribution is 2.41. The second-order valence-electron chi connectivity index (χ2n) is 5.78. The van der Waals surface area contributed by atoms with Gasteiger partial charge in [0.2, 0.25) is 0 Å². The molecule has 20 heavy (non-hydrogen) atoms. The van der Waals surface area contributed by atoms with Crippen molar-refractivity contribution in [1.82, 2.24) is 4.98 Å². The number of rotatable bonds is 5. The molecule has 0 atom stereocenters. The van der Waals surface area contributed by atoms with E-state index in [-0.39, 0.29) is 17.2 Å². The van der Waals surface area contributed by atoms with Crippen LogP contribution in [0.3, 0.4) is 0 Å². The van der Waals surface area contributed by atoms with Crippen molar-refractivity contribution < 1.29 is 13.2 Å². The molecule has 1 heterocycles. The molecule has 0 aliphatic heterocycles. The molecule has 0 saturated heterocycles. The third-order valence-corrected chi connectivity index (χ3v) is 3.56. The van der Waals surface area contributed by atoms with Gasteiger partial charge in [-0.3, -0.25) is 0 Å². The molecule has 0 aromatic carbocycles. The summed E-state index contributed by atoms with van der Waals surface area (Å²) in [6.07, 6.45) is -2.15. The smallest absolute Gasteiger partial charge is 0.370 e. The molecule has 112 valence electrons. The number of hydrogen-bond donors (Lipinski definition) is 2. The first-order chi connectivity index (χ1) is 9.22. The Hall–Kier alpha value is -1.46. The molecule has 2 N–H and O–H groups in total. The van der Waals surface area contributed by atoms with Crippen LogP contribution in [0.1, 0.15) is 39.2 Å². The van der Waals surface area contributed by atoms with Gasteiger partial charge in [-0.15, -0.1) is 0 Å². The van der Waals surface area contributed by atoms with Gasteiger partial charge < -0.3 is 10.6 Å². The zero-order chi connectivity index (χ0) is 15.0. The lowest BCUT2D eigenvalue weighted by atomic mass is 9.99. The number of halogens is 3. The van der Waals surface area contributed by atoms with Gasteiger partial charge in [0.15, 0.2) is 0 Å². The number of pyridine rings is 1. The summed E-state index contributed by atoms with van der Waals surface area (Å²) >= 11 is 0. The summed E-state index contributed by atoms with van der Waals surface area (Å²) in [6.45, 7) is 6.35. The fourth-order valence-electron chi connectivity index (χ4n) is 2.27. The van der Waals surface area contributed by atoms with Crippen LogP contribution in [-0.4, -0.2) is 17.1 Å². The molecule has 1 aromatic rings. The predicted molar refractivity (Wildman–Crippen MR) is 73.8 cm³/mol. The van der Waals surface area contributed by atoms with E-state index in [1.165, 1.54) is 0 Å². The molecule has 3 nitrogen and oxygen atoms in total. The van der Waals surface area contributed by atoms with Crippen LogP contribution in [0.4, 0.5) is 24.8 Å². The molecule has 1 saturated carbocycles. The summed E-state index contributed by atoms with van der Waals surface area (Å²) in [5, 5.41) is 5.98. The first-order valence-electron chi connectivity index (χ1n) is 6.83. The van der Waals surface area contributed by atoms with Gasteiger partial charge in [0, 0.05) is 12.1 Å². The van der Waals surface area contributed by atoms with E-state index in [4.69, 9.17) is 0 Å². The largest absolute Gasteiger partial charge is 0.416 e. The highest BCUT2D eigenvalue weighted by molar-refractivity contribution is 5.51. The Balaban J connectivity index is 2.29. The molecule has 2 rings (SSSR count). The Bertz CT molecular complexity index is 479. The summed E-state index contributed by atoms with van der Waals surface area (Å²) in [5.74, 6) is 1.02. The summed E-state index contributed by atoms with van der Waals surface area (Å²) in [4.78, 5) is 4.21. The fourth-order valence-corrected chi connectivity index (χ4v) is 2.27. The maximum absolute atomic E-state index is 12.9. The molecule has 1 aliphatic rings. The molecule has 0 radical (unpaired) electrons. The van der Waals surface area contributed by atoms with Crippen LogP contribution >= 0.6 is 0 Å². The number of hydrogen-bond acceptors (Lipinski definition) is 3. The molecule has 6 heteroatoms. The normalized spacial score (nSPS) is 16.1. The maximum atomic E-state index is 12.9. The molecule has 1 aliphatic carbocycles. The van der Waals surface area contributed by atoms with E-state index < -0.39 is 11.7 Å². The van der Waals surface area contributed by atoms with Crippen molar-refractivity contribution in [1.29, 1.82) is 0 Å². The molecular weight excluding hydrogens is 267 g/mol. The van der Waals surface area contributed by atoms with Gasteiger partial charge in [-0.2, -0.15) is 13.2 Å². The Kier molecular flexibility index (Phi) is 3.84. The van der Waals surface area contributed by atoms with Crippen LogP contribution in [0, 0.1) is 5.92 Å². The fraction of sp³-hybridized carbons (Fsp3) is 0.643. The first-order valence-corrected chi connectivity index (χ1v) is 6.83. The maximum Gasteiger partial charge on any atom is 0.416 e. The lowest BCUT2D eigenvalue weighted by Gasteiger charge is -2.27. The third kappa shape index (κ3) is 3.55. The summed E-state index contributed by atoms with van der Waals surface area (Å²) in [6, 6.07) is 2.11. The Labute approximate surface area is 117 Å². The molecule has 0 bridgehead atoms. The summed E-state index contributed by atoms with van der Waals surface area (Å²) in [7, 11) is 0. The topological polar surface area (TPSA) is 37.0 Å². The van der Waals surface area contributed by atoms with E-state index in [0.717, 1.165) is 25.0 Å². The van der Waals surface area contributed by atoms with E-state index in [9.17, 15) is 13.2 Å². The third-order valence-electron chi connectivity index (χ3n) is 3.56. The molecule has 1 aromatic heterocycles. The predicted octanol–water partition coefficient (Wildman–Crippen LogP) is 4.13. The van der Waals surface area contributed by atoms with Crippen molar-refractivity contribution in [2.24, 2.45) is 5.92 Å². The van der Waals surface area contributed by atoms with Gasteiger partial charge >= 0.3 is 6.18 Å². The monoisotopic (exact) mass is 287 g/mol. The van der Waals surface area contributed by atoms with Crippen molar-refractivity contribution in [3.63, 3.8) is 0 Å². The van der Waals surface area contributed by atoms with E-state index in [0.29, 0.717) is 12.5 Å². The quantitative estimate of drug-likeness (QED) is 0.855. The van der Waals surface area contributed by atoms with Gasteiger partial charge in [0.05, 0.1) is 5.56 Å². The molecule has 0 spiro atoms. The highest BCUT2D eigenvalue weighted by Gasteiger charge is 2.38. The first kappa shape index (κ1) is 14.9. The lowest BCUT2D eigenvalue weighted by Crippen LogP contribution is -2.33. The second kappa shape index (κ2) is 5.14. The average Bonchev–Trinajstić information content (AvgIpc) is 3.11. The Morgan fingerprint density at radius 1 is 1.20 bits per heavy atom. The minimum Gasteiger partial charge on any atom is -0.370 e. The van der Waals surface area contributed by atoms with Crippen LogP contribution in [0.2, 0.25) is 0 Å². The van der Waals surface area contributed by atoms with E-state index in [1.807, 2.05) is 20.8 Å². The Morgan fingerprint density at radius 3 is 2.30 bits per heavy atom. The van der Waals surface area contributed by atoms with Crippen LogP contribution in [-0.2, 0) is 6.18 Å². The number of anilines is 2. The van der Waals surface area contributed by atoms with Crippen molar-refractivity contribution in [3.05, 3.63) is 17.7 Å². The standard InChI is InChI=1S/C14H20F3N3/c1-4-18-11-7-10(14(15,16)17)8-12(19-11)20-13(2,3)9-5-6-9/h7-9H,4-6H2,1-3H3,(H2,18,19,20). The molecule has 0 amide bonds. The van der Waals surface area contributed by atoms with Crippen molar-refractivity contribution in [2.75, 3.05) is 17.2 Å². The molecule has 0 unspecified atom stereocenters. The van der Waals surface area contributed by atoms with Crippen LogP contribution in [0.5, 0.6) is 0 Å². The van der Waals surface area contributed by atoms with E-state index in [1.54, 1.807) is 0 Å². The van der Waals surface area contributed by atoms with Crippen molar-refractivity contribution in [2.45, 2.75) is 45.3 Å². The van der Waals surface area contributed by atoms with Crippen molar-refractivity contribution in [3.8, 4) is 0 Å². The number of alkyl halides is 3. The minimum atomic E-state index is -4.37. The lowest BCUT2D eigenvalue weighted by molar-refractivity contribution is -0.137. The second-order valence-corrected chi connectivity index (χ2v) is 5.78. The molecule has 1 fully saturated rings. The number of aromatic nitrogens is 1. The van der Waals surface area contributed by atoms with Gasteiger partial charge in [-0.25, -0.2) is 4.98 Å². The summed E-state index contributed by atoms with van der Waals surface area (Å²) in [5.41, 5.74) is -0.918. The number of nitrogens with zero attached hydrogens (tertiary/aromatic N) is 1. The van der Waals surface area contributed by atoms with Crippen LogP contribution in [0.15, 0.2) is 12.1 Å². The van der Waals surface area contributed by atoms with Crippen LogP contribution in [0.25, 0.3) is 0 Å². The number of nitrogens with one attached hydrogen (secondary N) is 2.